The fourth-order valence-corrected chi connectivity index (χ4v) is 0.892. The molecule has 0 aliphatic carbocycles. The molecule has 1 unspecified atom stereocenters. The van der Waals surface area contributed by atoms with Crippen LogP contribution in [-0.4, -0.2) is 14.9 Å². The van der Waals surface area contributed by atoms with Crippen LogP contribution in [0.4, 0.5) is 0 Å². The summed E-state index contributed by atoms with van der Waals surface area (Å²) in [6, 6.07) is 1.60. The van der Waals surface area contributed by atoms with E-state index in [-0.39, 0.29) is 6.42 Å². The SMILES string of the molecule is CCC(C)(C#N)P(=O)(O)O. The molecule has 0 aliphatic heterocycles. The molecule has 0 spiro atoms. The zero-order valence-corrected chi connectivity index (χ0v) is 6.80. The Labute approximate surface area is 59.6 Å². The Hall–Kier alpha value is -0.360. The highest BCUT2D eigenvalue weighted by molar-refractivity contribution is 7.53. The fourth-order valence-electron chi connectivity index (χ4n) is 0.350. The normalized spacial score (nSPS) is 17.5. The van der Waals surface area contributed by atoms with Crippen molar-refractivity contribution in [2.24, 2.45) is 0 Å². The molecule has 0 aromatic heterocycles. The van der Waals surface area contributed by atoms with Crippen molar-refractivity contribution in [3.8, 4) is 6.07 Å². The molecule has 0 radical (unpaired) electrons. The first-order chi connectivity index (χ1) is 4.37. The van der Waals surface area contributed by atoms with Gasteiger partial charge in [0.15, 0.2) is 5.16 Å². The first-order valence-corrected chi connectivity index (χ1v) is 4.45. The van der Waals surface area contributed by atoms with Gasteiger partial charge in [-0.2, -0.15) is 5.26 Å². The third-order valence-electron chi connectivity index (χ3n) is 1.57. The van der Waals surface area contributed by atoms with Crippen molar-refractivity contribution in [2.45, 2.75) is 25.4 Å². The van der Waals surface area contributed by atoms with Crippen LogP contribution >= 0.6 is 7.60 Å². The van der Waals surface area contributed by atoms with Crippen LogP contribution in [0.1, 0.15) is 20.3 Å². The Kier molecular flexibility index (Phi) is 2.61. The summed E-state index contributed by atoms with van der Waals surface area (Å²) in [7, 11) is -4.25. The lowest BCUT2D eigenvalue weighted by molar-refractivity contribution is 0.344. The van der Waals surface area contributed by atoms with Gasteiger partial charge in [0.05, 0.1) is 6.07 Å². The van der Waals surface area contributed by atoms with E-state index in [4.69, 9.17) is 15.0 Å². The predicted molar refractivity (Wildman–Crippen MR) is 36.4 cm³/mol. The summed E-state index contributed by atoms with van der Waals surface area (Å²) in [4.78, 5) is 17.3. The highest BCUT2D eigenvalue weighted by atomic mass is 31.2. The van der Waals surface area contributed by atoms with E-state index in [9.17, 15) is 4.57 Å². The van der Waals surface area contributed by atoms with Crippen molar-refractivity contribution in [3.05, 3.63) is 0 Å². The lowest BCUT2D eigenvalue weighted by Gasteiger charge is -2.19. The molecule has 58 valence electrons. The maximum atomic E-state index is 10.6. The summed E-state index contributed by atoms with van der Waals surface area (Å²) in [5, 5.41) is 6.87. The van der Waals surface area contributed by atoms with Crippen LogP contribution < -0.4 is 0 Å². The average molecular weight is 163 g/mol. The second-order valence-electron chi connectivity index (χ2n) is 2.28. The van der Waals surface area contributed by atoms with Crippen LogP contribution in [0.3, 0.4) is 0 Å². The van der Waals surface area contributed by atoms with Gasteiger partial charge in [0, 0.05) is 0 Å². The molecule has 0 bridgehead atoms. The van der Waals surface area contributed by atoms with Gasteiger partial charge >= 0.3 is 7.60 Å². The molecule has 5 heteroatoms. The van der Waals surface area contributed by atoms with E-state index in [1.165, 1.54) is 6.92 Å². The zero-order chi connectivity index (χ0) is 8.41. The van der Waals surface area contributed by atoms with Crippen LogP contribution in [0, 0.1) is 11.3 Å². The number of nitrogens with zero attached hydrogens (tertiary/aromatic N) is 1. The average Bonchev–Trinajstić information content (AvgIpc) is 1.84. The summed E-state index contributed by atoms with van der Waals surface area (Å²) in [5.74, 6) is 0. The van der Waals surface area contributed by atoms with Crippen molar-refractivity contribution in [2.75, 3.05) is 0 Å². The van der Waals surface area contributed by atoms with E-state index in [0.717, 1.165) is 0 Å². The Morgan fingerprint density at radius 2 is 2.10 bits per heavy atom. The summed E-state index contributed by atoms with van der Waals surface area (Å²) in [6.45, 7) is 2.83. The molecule has 10 heavy (non-hydrogen) atoms. The van der Waals surface area contributed by atoms with Gasteiger partial charge in [-0.1, -0.05) is 6.92 Å². The van der Waals surface area contributed by atoms with E-state index in [1.807, 2.05) is 0 Å². The maximum Gasteiger partial charge on any atom is 0.345 e. The van der Waals surface area contributed by atoms with Gasteiger partial charge < -0.3 is 9.79 Å². The highest BCUT2D eigenvalue weighted by Gasteiger charge is 2.40. The molecule has 0 saturated carbocycles. The molecule has 0 aromatic carbocycles. The van der Waals surface area contributed by atoms with Gasteiger partial charge in [-0.05, 0) is 13.3 Å². The van der Waals surface area contributed by atoms with Crippen LogP contribution in [0.15, 0.2) is 0 Å². The minimum absolute atomic E-state index is 0.160. The molecule has 2 N–H and O–H groups in total. The van der Waals surface area contributed by atoms with Crippen molar-refractivity contribution < 1.29 is 14.4 Å². The summed E-state index contributed by atoms with van der Waals surface area (Å²) in [5.41, 5.74) is 0. The topological polar surface area (TPSA) is 81.3 Å². The molecule has 4 nitrogen and oxygen atoms in total. The second-order valence-corrected chi connectivity index (χ2v) is 4.36. The maximum absolute atomic E-state index is 10.6. The minimum Gasteiger partial charge on any atom is -0.323 e. The molecule has 1 atom stereocenters. The number of rotatable bonds is 2. The lowest BCUT2D eigenvalue weighted by Crippen LogP contribution is -2.20. The summed E-state index contributed by atoms with van der Waals surface area (Å²) < 4.78 is 10.6. The fraction of sp³-hybridized carbons (Fsp3) is 0.800. The van der Waals surface area contributed by atoms with Gasteiger partial charge in [-0.25, -0.2) is 0 Å². The van der Waals surface area contributed by atoms with Crippen LogP contribution in [-0.2, 0) is 4.57 Å². The van der Waals surface area contributed by atoms with Crippen molar-refractivity contribution in [3.63, 3.8) is 0 Å². The van der Waals surface area contributed by atoms with Gasteiger partial charge in [0.1, 0.15) is 0 Å². The smallest absolute Gasteiger partial charge is 0.323 e. The number of hydrogen-bond acceptors (Lipinski definition) is 2. The zero-order valence-electron chi connectivity index (χ0n) is 5.90. The second kappa shape index (κ2) is 2.71. The van der Waals surface area contributed by atoms with Gasteiger partial charge in [0.25, 0.3) is 0 Å². The third kappa shape index (κ3) is 1.57. The first kappa shape index (κ1) is 9.64. The van der Waals surface area contributed by atoms with Gasteiger partial charge in [-0.3, -0.25) is 4.57 Å². The molecule has 0 aliphatic rings. The van der Waals surface area contributed by atoms with Crippen LogP contribution in [0.2, 0.25) is 0 Å². The van der Waals surface area contributed by atoms with Crippen LogP contribution in [0.5, 0.6) is 0 Å². The van der Waals surface area contributed by atoms with Gasteiger partial charge in [0.2, 0.25) is 0 Å². The third-order valence-corrected chi connectivity index (χ3v) is 3.27. The molecule has 0 fully saturated rings. The Balaban J connectivity index is 4.72. The Morgan fingerprint density at radius 1 is 1.70 bits per heavy atom. The minimum atomic E-state index is -4.25. The van der Waals surface area contributed by atoms with E-state index in [0.29, 0.717) is 0 Å². The molecule has 0 aromatic rings. The number of nitriles is 1. The van der Waals surface area contributed by atoms with Crippen molar-refractivity contribution in [1.82, 2.24) is 0 Å². The molecule has 0 amide bonds. The summed E-state index contributed by atoms with van der Waals surface area (Å²) in [6.07, 6.45) is 0.160. The van der Waals surface area contributed by atoms with Crippen molar-refractivity contribution >= 4 is 7.60 Å². The molecular weight excluding hydrogens is 153 g/mol. The highest BCUT2D eigenvalue weighted by Crippen LogP contribution is 2.51. The monoisotopic (exact) mass is 163 g/mol. The Morgan fingerprint density at radius 3 is 2.10 bits per heavy atom. The predicted octanol–water partition coefficient (Wildman–Crippen LogP) is 0.856. The molecule has 0 saturated heterocycles. The van der Waals surface area contributed by atoms with E-state index in [1.54, 1.807) is 13.0 Å². The first-order valence-electron chi connectivity index (χ1n) is 2.84. The van der Waals surface area contributed by atoms with Crippen molar-refractivity contribution in [1.29, 1.82) is 5.26 Å². The molecule has 0 heterocycles. The van der Waals surface area contributed by atoms with E-state index >= 15 is 0 Å². The van der Waals surface area contributed by atoms with Crippen LogP contribution in [0.25, 0.3) is 0 Å². The van der Waals surface area contributed by atoms with E-state index in [2.05, 4.69) is 0 Å². The largest absolute Gasteiger partial charge is 0.345 e. The van der Waals surface area contributed by atoms with Gasteiger partial charge in [-0.15, -0.1) is 0 Å². The Bertz CT molecular complexity index is 203. The molecule has 0 rings (SSSR count). The standard InChI is InChI=1S/C5H10NO3P/c1-3-5(2,4-6)10(7,8)9/h3H2,1-2H3,(H2,7,8,9). The number of hydrogen-bond donors (Lipinski definition) is 2. The van der Waals surface area contributed by atoms with E-state index < -0.39 is 12.8 Å². The quantitative estimate of drug-likeness (QED) is 0.591. The summed E-state index contributed by atoms with van der Waals surface area (Å²) >= 11 is 0. The lowest BCUT2D eigenvalue weighted by atomic mass is 10.1. The molecular formula is C5H10NO3P.